The van der Waals surface area contributed by atoms with Crippen LogP contribution in [0.15, 0.2) is 0 Å². The zero-order valence-electron chi connectivity index (χ0n) is 14.6. The van der Waals surface area contributed by atoms with Crippen molar-refractivity contribution < 1.29 is 9.47 Å². The van der Waals surface area contributed by atoms with Crippen LogP contribution in [-0.2, 0) is 9.47 Å². The molecule has 0 aromatic heterocycles. The molecule has 0 saturated carbocycles. The molecule has 1 aliphatic heterocycles. The molecule has 0 radical (unpaired) electrons. The first kappa shape index (κ1) is 18.9. The summed E-state index contributed by atoms with van der Waals surface area (Å²) in [5.41, 5.74) is 0.358. The molecule has 1 aliphatic rings. The molecule has 0 aromatic carbocycles. The van der Waals surface area contributed by atoms with Gasteiger partial charge in [-0.3, -0.25) is 0 Å². The number of ether oxygens (including phenoxy) is 2. The van der Waals surface area contributed by atoms with E-state index in [0.717, 1.165) is 26.3 Å². The Labute approximate surface area is 132 Å². The van der Waals surface area contributed by atoms with Gasteiger partial charge in [0.25, 0.3) is 0 Å². The van der Waals surface area contributed by atoms with E-state index in [1.807, 2.05) is 0 Å². The van der Waals surface area contributed by atoms with Crippen molar-refractivity contribution in [3.63, 3.8) is 0 Å². The van der Waals surface area contributed by atoms with Crippen LogP contribution in [0.25, 0.3) is 0 Å². The van der Waals surface area contributed by atoms with Crippen LogP contribution >= 0.6 is 0 Å². The van der Waals surface area contributed by atoms with Crippen molar-refractivity contribution in [2.75, 3.05) is 33.4 Å². The van der Waals surface area contributed by atoms with Crippen molar-refractivity contribution in [2.24, 2.45) is 5.41 Å². The maximum Gasteiger partial charge on any atom is 0.0616 e. The molecule has 1 saturated heterocycles. The van der Waals surface area contributed by atoms with Gasteiger partial charge in [0, 0.05) is 32.2 Å². The standard InChI is InChI=1S/C18H37NO2/c1-4-5-6-7-8-9-10-11-18(12-14-21-17(18)2)16-19-13-15-20-3/h17,19H,4-16H2,1-3H3. The number of rotatable bonds is 13. The average molecular weight is 299 g/mol. The lowest BCUT2D eigenvalue weighted by Crippen LogP contribution is -2.40. The fourth-order valence-electron chi connectivity index (χ4n) is 3.41. The van der Waals surface area contributed by atoms with Crippen LogP contribution in [0.4, 0.5) is 0 Å². The summed E-state index contributed by atoms with van der Waals surface area (Å²) in [5.74, 6) is 0. The van der Waals surface area contributed by atoms with Gasteiger partial charge in [-0.2, -0.15) is 0 Å². The van der Waals surface area contributed by atoms with E-state index in [2.05, 4.69) is 19.2 Å². The van der Waals surface area contributed by atoms with Crippen molar-refractivity contribution >= 4 is 0 Å². The Balaban J connectivity index is 2.20. The first-order chi connectivity index (χ1) is 10.2. The summed E-state index contributed by atoms with van der Waals surface area (Å²) in [4.78, 5) is 0. The van der Waals surface area contributed by atoms with Gasteiger partial charge in [-0.1, -0.05) is 51.9 Å². The van der Waals surface area contributed by atoms with Gasteiger partial charge < -0.3 is 14.8 Å². The van der Waals surface area contributed by atoms with Crippen LogP contribution in [0.3, 0.4) is 0 Å². The highest BCUT2D eigenvalue weighted by molar-refractivity contribution is 4.91. The highest BCUT2D eigenvalue weighted by atomic mass is 16.5. The molecule has 3 nitrogen and oxygen atoms in total. The van der Waals surface area contributed by atoms with E-state index in [1.165, 1.54) is 57.8 Å². The van der Waals surface area contributed by atoms with Gasteiger partial charge in [0.05, 0.1) is 12.7 Å². The van der Waals surface area contributed by atoms with Gasteiger partial charge in [0.15, 0.2) is 0 Å². The molecule has 0 bridgehead atoms. The highest BCUT2D eigenvalue weighted by Crippen LogP contribution is 2.39. The van der Waals surface area contributed by atoms with Crippen LogP contribution in [0.1, 0.15) is 71.6 Å². The number of methoxy groups -OCH3 is 1. The normalized spacial score (nSPS) is 25.6. The highest BCUT2D eigenvalue weighted by Gasteiger charge is 2.40. The summed E-state index contributed by atoms with van der Waals surface area (Å²) in [6.07, 6.45) is 12.6. The summed E-state index contributed by atoms with van der Waals surface area (Å²) >= 11 is 0. The molecule has 21 heavy (non-hydrogen) atoms. The molecule has 126 valence electrons. The molecule has 0 amide bonds. The van der Waals surface area contributed by atoms with Crippen molar-refractivity contribution in [1.82, 2.24) is 5.32 Å². The van der Waals surface area contributed by atoms with E-state index in [1.54, 1.807) is 7.11 Å². The molecular weight excluding hydrogens is 262 g/mol. The Morgan fingerprint density at radius 3 is 2.48 bits per heavy atom. The van der Waals surface area contributed by atoms with E-state index in [4.69, 9.17) is 9.47 Å². The Morgan fingerprint density at radius 1 is 1.14 bits per heavy atom. The van der Waals surface area contributed by atoms with Crippen molar-refractivity contribution in [3.8, 4) is 0 Å². The van der Waals surface area contributed by atoms with Gasteiger partial charge in [-0.05, 0) is 19.8 Å². The molecule has 1 N–H and O–H groups in total. The van der Waals surface area contributed by atoms with E-state index >= 15 is 0 Å². The van der Waals surface area contributed by atoms with Crippen LogP contribution in [0.5, 0.6) is 0 Å². The second-order valence-electron chi connectivity index (χ2n) is 6.67. The Hall–Kier alpha value is -0.120. The minimum atomic E-state index is 0.358. The smallest absolute Gasteiger partial charge is 0.0616 e. The van der Waals surface area contributed by atoms with Crippen molar-refractivity contribution in [2.45, 2.75) is 77.7 Å². The minimum Gasteiger partial charge on any atom is -0.383 e. The number of nitrogens with one attached hydrogen (secondary N) is 1. The number of unbranched alkanes of at least 4 members (excludes halogenated alkanes) is 6. The largest absolute Gasteiger partial charge is 0.383 e. The van der Waals surface area contributed by atoms with Gasteiger partial charge in [-0.15, -0.1) is 0 Å². The van der Waals surface area contributed by atoms with Gasteiger partial charge >= 0.3 is 0 Å². The molecule has 0 spiro atoms. The Bertz CT molecular complexity index is 247. The molecule has 2 atom stereocenters. The van der Waals surface area contributed by atoms with E-state index < -0.39 is 0 Å². The van der Waals surface area contributed by atoms with E-state index in [0.29, 0.717) is 11.5 Å². The van der Waals surface area contributed by atoms with Gasteiger partial charge in [0.1, 0.15) is 0 Å². The predicted molar refractivity (Wildman–Crippen MR) is 89.8 cm³/mol. The van der Waals surface area contributed by atoms with Gasteiger partial charge in [0.2, 0.25) is 0 Å². The average Bonchev–Trinajstić information content (AvgIpc) is 2.84. The zero-order chi connectivity index (χ0) is 15.4. The first-order valence-corrected chi connectivity index (χ1v) is 9.06. The Kier molecular flexibility index (Phi) is 10.3. The second-order valence-corrected chi connectivity index (χ2v) is 6.67. The third-order valence-corrected chi connectivity index (χ3v) is 5.07. The second kappa shape index (κ2) is 11.4. The molecule has 2 unspecified atom stereocenters. The number of hydrogen-bond acceptors (Lipinski definition) is 3. The number of hydrogen-bond donors (Lipinski definition) is 1. The molecule has 1 fully saturated rings. The quantitative estimate of drug-likeness (QED) is 0.518. The third kappa shape index (κ3) is 7.12. The Morgan fingerprint density at radius 2 is 1.86 bits per heavy atom. The topological polar surface area (TPSA) is 30.5 Å². The fourth-order valence-corrected chi connectivity index (χ4v) is 3.41. The predicted octanol–water partition coefficient (Wildman–Crippen LogP) is 4.16. The minimum absolute atomic E-state index is 0.358. The summed E-state index contributed by atoms with van der Waals surface area (Å²) < 4.78 is 11.0. The lowest BCUT2D eigenvalue weighted by atomic mass is 9.77. The first-order valence-electron chi connectivity index (χ1n) is 9.06. The summed E-state index contributed by atoms with van der Waals surface area (Å²) in [6.45, 7) is 8.29. The van der Waals surface area contributed by atoms with E-state index in [9.17, 15) is 0 Å². The zero-order valence-corrected chi connectivity index (χ0v) is 14.6. The monoisotopic (exact) mass is 299 g/mol. The SMILES string of the molecule is CCCCCCCCCC1(CNCCOC)CCOC1C. The van der Waals surface area contributed by atoms with Crippen molar-refractivity contribution in [3.05, 3.63) is 0 Å². The van der Waals surface area contributed by atoms with Crippen LogP contribution < -0.4 is 5.32 Å². The third-order valence-electron chi connectivity index (χ3n) is 5.07. The summed E-state index contributed by atoms with van der Waals surface area (Å²) in [7, 11) is 1.76. The van der Waals surface area contributed by atoms with Crippen molar-refractivity contribution in [1.29, 1.82) is 0 Å². The van der Waals surface area contributed by atoms with Crippen LogP contribution in [0, 0.1) is 5.41 Å². The molecule has 1 rings (SSSR count). The maximum atomic E-state index is 5.86. The summed E-state index contributed by atoms with van der Waals surface area (Å²) in [5, 5.41) is 3.56. The lowest BCUT2D eigenvalue weighted by molar-refractivity contribution is 0.0559. The summed E-state index contributed by atoms with van der Waals surface area (Å²) in [6, 6.07) is 0. The van der Waals surface area contributed by atoms with Crippen LogP contribution in [-0.4, -0.2) is 39.5 Å². The molecule has 0 aliphatic carbocycles. The van der Waals surface area contributed by atoms with Crippen LogP contribution in [0.2, 0.25) is 0 Å². The van der Waals surface area contributed by atoms with E-state index in [-0.39, 0.29) is 0 Å². The molecule has 0 aromatic rings. The molecular formula is C18H37NO2. The fraction of sp³-hybridized carbons (Fsp3) is 1.00. The maximum absolute atomic E-state index is 5.86. The molecule has 3 heteroatoms. The van der Waals surface area contributed by atoms with Gasteiger partial charge in [-0.25, -0.2) is 0 Å². The molecule has 1 heterocycles. The lowest BCUT2D eigenvalue weighted by Gasteiger charge is -2.33.